The number of thioether (sulfide) groups is 1. The molecular weight excluding hydrogens is 398 g/mol. The van der Waals surface area contributed by atoms with Gasteiger partial charge in [0, 0.05) is 30.2 Å². The lowest BCUT2D eigenvalue weighted by atomic mass is 10.1. The first-order valence-corrected chi connectivity index (χ1v) is 11.7. The number of fused-ring (bicyclic) bond motifs is 1. The predicted octanol–water partition coefficient (Wildman–Crippen LogP) is 5.30. The molecule has 0 saturated heterocycles. The lowest BCUT2D eigenvalue weighted by Gasteiger charge is -2.22. The van der Waals surface area contributed by atoms with Gasteiger partial charge in [0.2, 0.25) is 5.91 Å². The summed E-state index contributed by atoms with van der Waals surface area (Å²) in [6.07, 6.45) is 0.500. The van der Waals surface area contributed by atoms with E-state index in [1.54, 1.807) is 23.1 Å². The van der Waals surface area contributed by atoms with E-state index in [0.717, 1.165) is 22.9 Å². The Morgan fingerprint density at radius 2 is 1.76 bits per heavy atom. The van der Waals surface area contributed by atoms with Gasteiger partial charge in [-0.2, -0.15) is 0 Å². The maximum Gasteiger partial charge on any atom is 0.229 e. The fourth-order valence-corrected chi connectivity index (χ4v) is 5.03. The third-order valence-electron chi connectivity index (χ3n) is 4.72. The van der Waals surface area contributed by atoms with Crippen molar-refractivity contribution in [1.82, 2.24) is 9.88 Å². The number of rotatable bonds is 8. The van der Waals surface area contributed by atoms with Crippen LogP contribution in [0.2, 0.25) is 0 Å². The lowest BCUT2D eigenvalue weighted by Crippen LogP contribution is -2.36. The van der Waals surface area contributed by atoms with E-state index in [4.69, 9.17) is 4.98 Å². The van der Waals surface area contributed by atoms with E-state index >= 15 is 0 Å². The molecule has 0 unspecified atom stereocenters. The average Bonchev–Trinajstić information content (AvgIpc) is 3.07. The van der Waals surface area contributed by atoms with Gasteiger partial charge >= 0.3 is 0 Å². The van der Waals surface area contributed by atoms with Crippen molar-refractivity contribution < 1.29 is 4.79 Å². The van der Waals surface area contributed by atoms with Crippen LogP contribution in [0.4, 0.5) is 5.13 Å². The Kier molecular flexibility index (Phi) is 7.33. The van der Waals surface area contributed by atoms with E-state index in [1.165, 1.54) is 26.3 Å². The Morgan fingerprint density at radius 1 is 1.03 bits per heavy atom. The highest BCUT2D eigenvalue weighted by Gasteiger charge is 2.20. The third-order valence-corrected chi connectivity index (χ3v) is 6.96. The number of carbonyl (C=O) groups excluding carboxylic acids is 1. The number of aromatic nitrogens is 1. The Hall–Kier alpha value is -1.89. The van der Waals surface area contributed by atoms with Crippen LogP contribution in [-0.4, -0.2) is 48.7 Å². The maximum atomic E-state index is 13.1. The molecule has 0 bridgehead atoms. The fourth-order valence-electron chi connectivity index (χ4n) is 3.13. The van der Waals surface area contributed by atoms with Crippen molar-refractivity contribution in [1.29, 1.82) is 0 Å². The van der Waals surface area contributed by atoms with Gasteiger partial charge in [0.15, 0.2) is 5.13 Å². The number of likely N-dealkylation sites (N-methyl/N-ethyl adjacent to an activating group) is 1. The number of amides is 1. The summed E-state index contributed by atoms with van der Waals surface area (Å²) in [7, 11) is 4.06. The van der Waals surface area contributed by atoms with E-state index in [2.05, 4.69) is 62.1 Å². The molecule has 0 saturated carbocycles. The van der Waals surface area contributed by atoms with E-state index in [1.807, 2.05) is 19.0 Å². The molecule has 0 aliphatic carbocycles. The molecule has 0 aliphatic rings. The normalized spacial score (nSPS) is 11.4. The smallest absolute Gasteiger partial charge is 0.229 e. The second-order valence-electron chi connectivity index (χ2n) is 7.69. The van der Waals surface area contributed by atoms with E-state index < -0.39 is 0 Å². The summed E-state index contributed by atoms with van der Waals surface area (Å²) >= 11 is 3.35. The lowest BCUT2D eigenvalue weighted by molar-refractivity contribution is -0.118. The van der Waals surface area contributed by atoms with Crippen molar-refractivity contribution in [2.75, 3.05) is 37.8 Å². The second kappa shape index (κ2) is 9.74. The number of carbonyl (C=O) groups is 1. The minimum Gasteiger partial charge on any atom is -0.308 e. The first kappa shape index (κ1) is 21.8. The van der Waals surface area contributed by atoms with Crippen molar-refractivity contribution in [3.63, 3.8) is 0 Å². The zero-order valence-electron chi connectivity index (χ0n) is 17.9. The van der Waals surface area contributed by atoms with Gasteiger partial charge in [-0.25, -0.2) is 4.98 Å². The number of hydrogen-bond acceptors (Lipinski definition) is 5. The summed E-state index contributed by atoms with van der Waals surface area (Å²) < 4.78 is 1.17. The summed E-state index contributed by atoms with van der Waals surface area (Å²) in [4.78, 5) is 23.1. The summed E-state index contributed by atoms with van der Waals surface area (Å²) in [5.74, 6) is 0.906. The number of nitrogens with zero attached hydrogens (tertiary/aromatic N) is 3. The van der Waals surface area contributed by atoms with Crippen LogP contribution in [0.3, 0.4) is 0 Å². The molecule has 0 radical (unpaired) electrons. The number of benzene rings is 2. The molecule has 0 spiro atoms. The van der Waals surface area contributed by atoms with Crippen LogP contribution in [0, 0.1) is 20.8 Å². The Balaban J connectivity index is 1.74. The quantitative estimate of drug-likeness (QED) is 0.457. The van der Waals surface area contributed by atoms with Gasteiger partial charge in [-0.15, -0.1) is 11.8 Å². The van der Waals surface area contributed by atoms with Gasteiger partial charge in [-0.3, -0.25) is 9.69 Å². The molecule has 0 aliphatic heterocycles. The largest absolute Gasteiger partial charge is 0.308 e. The SMILES string of the molecule is Cc1ccc(SCCC(=O)N(CCN(C)C)c2nc3cc(C)cc(C)c3s2)cc1. The monoisotopic (exact) mass is 427 g/mol. The molecule has 6 heteroatoms. The second-order valence-corrected chi connectivity index (χ2v) is 9.83. The van der Waals surface area contributed by atoms with Crippen molar-refractivity contribution in [2.45, 2.75) is 32.1 Å². The molecule has 3 rings (SSSR count). The molecule has 0 atom stereocenters. The van der Waals surface area contributed by atoms with E-state index in [9.17, 15) is 4.79 Å². The minimum absolute atomic E-state index is 0.139. The highest BCUT2D eigenvalue weighted by Crippen LogP contribution is 2.32. The van der Waals surface area contributed by atoms with E-state index in [0.29, 0.717) is 13.0 Å². The molecular formula is C23H29N3OS2. The number of hydrogen-bond donors (Lipinski definition) is 0. The van der Waals surface area contributed by atoms with Crippen molar-refractivity contribution in [3.8, 4) is 0 Å². The van der Waals surface area contributed by atoms with Gasteiger partial charge in [-0.05, 0) is 64.2 Å². The van der Waals surface area contributed by atoms with E-state index in [-0.39, 0.29) is 5.91 Å². The molecule has 0 fully saturated rings. The topological polar surface area (TPSA) is 36.4 Å². The molecule has 2 aromatic carbocycles. The predicted molar refractivity (Wildman–Crippen MR) is 127 cm³/mol. The zero-order valence-corrected chi connectivity index (χ0v) is 19.5. The molecule has 1 aromatic heterocycles. The summed E-state index contributed by atoms with van der Waals surface area (Å²) in [6.45, 7) is 7.75. The Labute approximate surface area is 181 Å². The first-order chi connectivity index (χ1) is 13.8. The van der Waals surface area contributed by atoms with Crippen LogP contribution < -0.4 is 4.90 Å². The van der Waals surface area contributed by atoms with Crippen molar-refractivity contribution in [2.24, 2.45) is 0 Å². The number of aryl methyl sites for hydroxylation is 3. The Morgan fingerprint density at radius 3 is 2.45 bits per heavy atom. The fraction of sp³-hybridized carbons (Fsp3) is 0.391. The van der Waals surface area contributed by atoms with Gasteiger partial charge in [-0.1, -0.05) is 35.1 Å². The minimum atomic E-state index is 0.139. The molecule has 154 valence electrons. The molecule has 3 aromatic rings. The van der Waals surface area contributed by atoms with Crippen LogP contribution >= 0.6 is 23.1 Å². The van der Waals surface area contributed by atoms with Crippen molar-refractivity contribution in [3.05, 3.63) is 53.1 Å². The van der Waals surface area contributed by atoms with Crippen LogP contribution in [0.25, 0.3) is 10.2 Å². The highest BCUT2D eigenvalue weighted by molar-refractivity contribution is 7.99. The number of anilines is 1. The van der Waals surface area contributed by atoms with Crippen LogP contribution in [0.15, 0.2) is 41.3 Å². The zero-order chi connectivity index (χ0) is 21.0. The average molecular weight is 428 g/mol. The molecule has 0 N–H and O–H groups in total. The third kappa shape index (κ3) is 5.81. The number of thiazole rings is 1. The Bertz CT molecular complexity index is 980. The van der Waals surface area contributed by atoms with Crippen LogP contribution in [0.1, 0.15) is 23.1 Å². The van der Waals surface area contributed by atoms with Gasteiger partial charge < -0.3 is 4.90 Å². The van der Waals surface area contributed by atoms with Gasteiger partial charge in [0.1, 0.15) is 0 Å². The first-order valence-electron chi connectivity index (χ1n) is 9.86. The molecule has 1 amide bonds. The summed E-state index contributed by atoms with van der Waals surface area (Å²) in [6, 6.07) is 12.7. The van der Waals surface area contributed by atoms with Gasteiger partial charge in [0.05, 0.1) is 10.2 Å². The van der Waals surface area contributed by atoms with Crippen molar-refractivity contribution >= 4 is 44.4 Å². The van der Waals surface area contributed by atoms with Crippen LogP contribution in [-0.2, 0) is 4.79 Å². The van der Waals surface area contributed by atoms with Gasteiger partial charge in [0.25, 0.3) is 0 Å². The molecule has 4 nitrogen and oxygen atoms in total. The van der Waals surface area contributed by atoms with Crippen LogP contribution in [0.5, 0.6) is 0 Å². The standard InChI is InChI=1S/C23H29N3OS2/c1-16-6-8-19(9-7-16)28-13-10-21(27)26(12-11-25(4)5)23-24-20-15-17(2)14-18(3)22(20)29-23/h6-9,14-15H,10-13H2,1-5H3. The highest BCUT2D eigenvalue weighted by atomic mass is 32.2. The maximum absolute atomic E-state index is 13.1. The molecule has 1 heterocycles. The summed E-state index contributed by atoms with van der Waals surface area (Å²) in [5.41, 5.74) is 4.66. The molecule has 29 heavy (non-hydrogen) atoms. The summed E-state index contributed by atoms with van der Waals surface area (Å²) in [5, 5.41) is 0.806.